The molecule has 0 radical (unpaired) electrons. The molecule has 0 aliphatic carbocycles. The molecule has 2 aromatic carbocycles. The molecule has 0 aliphatic heterocycles. The largest absolute Gasteiger partial charge is 0.508 e. The fraction of sp³-hybridized carbons (Fsp3) is 0.222. The monoisotopic (exact) mass is 281 g/mol. The van der Waals surface area contributed by atoms with Crippen molar-refractivity contribution >= 4 is 11.0 Å². The fourth-order valence-electron chi connectivity index (χ4n) is 2.58. The van der Waals surface area contributed by atoms with Crippen molar-refractivity contribution in [2.75, 3.05) is 0 Å². The van der Waals surface area contributed by atoms with E-state index in [0.29, 0.717) is 5.75 Å². The van der Waals surface area contributed by atoms with Crippen LogP contribution in [0.5, 0.6) is 5.75 Å². The first-order valence-corrected chi connectivity index (χ1v) is 7.14. The van der Waals surface area contributed by atoms with E-state index in [4.69, 9.17) is 4.42 Å². The lowest BCUT2D eigenvalue weighted by Gasteiger charge is -2.12. The lowest BCUT2D eigenvalue weighted by molar-refractivity contribution is 0.447. The average Bonchev–Trinajstić information content (AvgIpc) is 2.84. The molecule has 1 unspecified atom stereocenters. The Balaban J connectivity index is 1.76. The van der Waals surface area contributed by atoms with Crippen molar-refractivity contribution in [1.82, 2.24) is 5.32 Å². The number of aryl methyl sites for hydroxylation is 1. The molecule has 1 aromatic heterocycles. The van der Waals surface area contributed by atoms with Gasteiger partial charge in [0.15, 0.2) is 0 Å². The minimum atomic E-state index is 0.131. The first kappa shape index (κ1) is 13.7. The molecule has 3 nitrogen and oxygen atoms in total. The topological polar surface area (TPSA) is 45.4 Å². The number of rotatable bonds is 4. The standard InChI is InChI=1S/C18H19NO2/c1-12-16-5-3-4-6-17(16)21-18(12)13(2)19-11-14-7-9-15(20)10-8-14/h3-10,13,19-20H,11H2,1-2H3. The highest BCUT2D eigenvalue weighted by molar-refractivity contribution is 5.82. The number of aromatic hydroxyl groups is 1. The Kier molecular flexibility index (Phi) is 3.67. The Hall–Kier alpha value is -2.26. The molecule has 0 fully saturated rings. The summed E-state index contributed by atoms with van der Waals surface area (Å²) in [7, 11) is 0. The van der Waals surface area contributed by atoms with E-state index in [1.54, 1.807) is 12.1 Å². The minimum absolute atomic E-state index is 0.131. The lowest BCUT2D eigenvalue weighted by Crippen LogP contribution is -2.18. The molecule has 1 atom stereocenters. The van der Waals surface area contributed by atoms with Gasteiger partial charge in [0.25, 0.3) is 0 Å². The minimum Gasteiger partial charge on any atom is -0.508 e. The normalized spacial score (nSPS) is 12.7. The van der Waals surface area contributed by atoms with E-state index < -0.39 is 0 Å². The molecule has 0 spiro atoms. The summed E-state index contributed by atoms with van der Waals surface area (Å²) in [5.41, 5.74) is 3.26. The van der Waals surface area contributed by atoms with Gasteiger partial charge in [-0.3, -0.25) is 0 Å². The third-order valence-corrected chi connectivity index (χ3v) is 3.82. The van der Waals surface area contributed by atoms with Gasteiger partial charge in [0, 0.05) is 11.9 Å². The first-order chi connectivity index (χ1) is 10.1. The zero-order valence-electron chi connectivity index (χ0n) is 12.3. The van der Waals surface area contributed by atoms with Crippen molar-refractivity contribution in [3.8, 4) is 5.75 Å². The molecule has 1 heterocycles. The number of nitrogens with one attached hydrogen (secondary N) is 1. The molecule has 0 amide bonds. The summed E-state index contributed by atoms with van der Waals surface area (Å²) in [6, 6.07) is 15.5. The maximum absolute atomic E-state index is 9.29. The van der Waals surface area contributed by atoms with Crippen LogP contribution in [0.25, 0.3) is 11.0 Å². The number of benzene rings is 2. The van der Waals surface area contributed by atoms with Crippen LogP contribution in [0.2, 0.25) is 0 Å². The molecular formula is C18H19NO2. The summed E-state index contributed by atoms with van der Waals surface area (Å²) in [4.78, 5) is 0. The molecular weight excluding hydrogens is 262 g/mol. The predicted molar refractivity (Wildman–Crippen MR) is 84.3 cm³/mol. The summed E-state index contributed by atoms with van der Waals surface area (Å²) in [5, 5.41) is 13.9. The SMILES string of the molecule is Cc1c(C(C)NCc2ccc(O)cc2)oc2ccccc12. The van der Waals surface area contributed by atoms with Crippen LogP contribution in [0.3, 0.4) is 0 Å². The summed E-state index contributed by atoms with van der Waals surface area (Å²) >= 11 is 0. The summed E-state index contributed by atoms with van der Waals surface area (Å²) in [6.07, 6.45) is 0. The molecule has 3 rings (SSSR count). The second-order valence-electron chi connectivity index (χ2n) is 5.36. The molecule has 0 aliphatic rings. The maximum atomic E-state index is 9.29. The first-order valence-electron chi connectivity index (χ1n) is 7.14. The summed E-state index contributed by atoms with van der Waals surface area (Å²) in [6.45, 7) is 4.93. The van der Waals surface area contributed by atoms with E-state index in [1.807, 2.05) is 30.3 Å². The summed E-state index contributed by atoms with van der Waals surface area (Å²) < 4.78 is 5.97. The highest BCUT2D eigenvalue weighted by atomic mass is 16.3. The van der Waals surface area contributed by atoms with Gasteiger partial charge in [-0.2, -0.15) is 0 Å². The van der Waals surface area contributed by atoms with Crippen LogP contribution in [0, 0.1) is 6.92 Å². The van der Waals surface area contributed by atoms with Crippen LogP contribution in [-0.4, -0.2) is 5.11 Å². The molecule has 0 bridgehead atoms. The maximum Gasteiger partial charge on any atom is 0.134 e. The van der Waals surface area contributed by atoms with E-state index in [-0.39, 0.29) is 6.04 Å². The van der Waals surface area contributed by atoms with Crippen LogP contribution in [0.1, 0.15) is 29.9 Å². The number of furan rings is 1. The van der Waals surface area contributed by atoms with E-state index >= 15 is 0 Å². The molecule has 0 saturated heterocycles. The molecule has 21 heavy (non-hydrogen) atoms. The summed E-state index contributed by atoms with van der Waals surface area (Å²) in [5.74, 6) is 1.27. The van der Waals surface area contributed by atoms with E-state index in [9.17, 15) is 5.11 Å². The van der Waals surface area contributed by atoms with Crippen molar-refractivity contribution in [3.05, 3.63) is 65.4 Å². The predicted octanol–water partition coefficient (Wildman–Crippen LogP) is 4.30. The Morgan fingerprint density at radius 3 is 2.52 bits per heavy atom. The smallest absolute Gasteiger partial charge is 0.134 e. The van der Waals surface area contributed by atoms with Crippen molar-refractivity contribution in [2.45, 2.75) is 26.4 Å². The zero-order valence-corrected chi connectivity index (χ0v) is 12.3. The van der Waals surface area contributed by atoms with Crippen LogP contribution in [0.15, 0.2) is 52.9 Å². The number of phenols is 1. The van der Waals surface area contributed by atoms with Gasteiger partial charge in [0.2, 0.25) is 0 Å². The third-order valence-electron chi connectivity index (χ3n) is 3.82. The second-order valence-corrected chi connectivity index (χ2v) is 5.36. The van der Waals surface area contributed by atoms with E-state index in [1.165, 1.54) is 10.9 Å². The Bertz CT molecular complexity index is 744. The van der Waals surface area contributed by atoms with Crippen molar-refractivity contribution < 1.29 is 9.52 Å². The number of hydrogen-bond donors (Lipinski definition) is 2. The number of para-hydroxylation sites is 1. The van der Waals surface area contributed by atoms with Crippen LogP contribution < -0.4 is 5.32 Å². The second kappa shape index (κ2) is 5.62. The third kappa shape index (κ3) is 2.78. The Morgan fingerprint density at radius 2 is 1.81 bits per heavy atom. The highest BCUT2D eigenvalue weighted by Gasteiger charge is 2.15. The molecule has 3 aromatic rings. The van der Waals surface area contributed by atoms with Crippen molar-refractivity contribution in [2.24, 2.45) is 0 Å². The number of fused-ring (bicyclic) bond motifs is 1. The average molecular weight is 281 g/mol. The number of phenolic OH excluding ortho intramolecular Hbond substituents is 1. The van der Waals surface area contributed by atoms with E-state index in [2.05, 4.69) is 25.2 Å². The van der Waals surface area contributed by atoms with Gasteiger partial charge < -0.3 is 14.8 Å². The zero-order chi connectivity index (χ0) is 14.8. The van der Waals surface area contributed by atoms with Gasteiger partial charge in [-0.15, -0.1) is 0 Å². The van der Waals surface area contributed by atoms with Crippen molar-refractivity contribution in [3.63, 3.8) is 0 Å². The molecule has 108 valence electrons. The Labute approximate surface area is 124 Å². The van der Waals surface area contributed by atoms with Crippen LogP contribution >= 0.6 is 0 Å². The molecule has 3 heteroatoms. The quantitative estimate of drug-likeness (QED) is 0.749. The van der Waals surface area contributed by atoms with Gasteiger partial charge in [0.05, 0.1) is 6.04 Å². The lowest BCUT2D eigenvalue weighted by atomic mass is 10.1. The van der Waals surface area contributed by atoms with E-state index in [0.717, 1.165) is 23.5 Å². The highest BCUT2D eigenvalue weighted by Crippen LogP contribution is 2.29. The van der Waals surface area contributed by atoms with Gasteiger partial charge in [-0.1, -0.05) is 30.3 Å². The van der Waals surface area contributed by atoms with Crippen LogP contribution in [0.4, 0.5) is 0 Å². The Morgan fingerprint density at radius 1 is 1.10 bits per heavy atom. The molecule has 2 N–H and O–H groups in total. The van der Waals surface area contributed by atoms with Gasteiger partial charge >= 0.3 is 0 Å². The van der Waals surface area contributed by atoms with Crippen molar-refractivity contribution in [1.29, 1.82) is 0 Å². The van der Waals surface area contributed by atoms with Gasteiger partial charge in [-0.25, -0.2) is 0 Å². The van der Waals surface area contributed by atoms with Crippen LogP contribution in [-0.2, 0) is 6.54 Å². The van der Waals surface area contributed by atoms with Gasteiger partial charge in [0.1, 0.15) is 17.1 Å². The van der Waals surface area contributed by atoms with Gasteiger partial charge in [-0.05, 0) is 43.2 Å². The molecule has 0 saturated carbocycles. The number of hydrogen-bond acceptors (Lipinski definition) is 3. The fourth-order valence-corrected chi connectivity index (χ4v) is 2.58.